The second-order valence-electron chi connectivity index (χ2n) is 4.63. The summed E-state index contributed by atoms with van der Waals surface area (Å²) < 4.78 is 4.58. The normalized spacial score (nSPS) is 21.0. The number of hydrogen-bond donors (Lipinski definition) is 2. The van der Waals surface area contributed by atoms with Crippen molar-refractivity contribution in [3.63, 3.8) is 0 Å². The van der Waals surface area contributed by atoms with Gasteiger partial charge < -0.3 is 15.8 Å². The SMILES string of the molecule is CC(C)(C)OC(N)=O.CC1CCNC1. The van der Waals surface area contributed by atoms with E-state index in [9.17, 15) is 4.79 Å². The fourth-order valence-electron chi connectivity index (χ4n) is 1.10. The van der Waals surface area contributed by atoms with Crippen LogP contribution < -0.4 is 11.1 Å². The van der Waals surface area contributed by atoms with Crippen molar-refractivity contribution in [2.75, 3.05) is 13.1 Å². The first-order valence-electron chi connectivity index (χ1n) is 5.00. The first-order valence-corrected chi connectivity index (χ1v) is 5.00. The smallest absolute Gasteiger partial charge is 0.405 e. The summed E-state index contributed by atoms with van der Waals surface area (Å²) in [5, 5.41) is 3.27. The van der Waals surface area contributed by atoms with E-state index in [1.165, 1.54) is 19.5 Å². The number of nitrogens with two attached hydrogens (primary N) is 1. The standard InChI is InChI=1S/C5H11NO2.C5H11N/c1-5(2,3)8-4(6)7;1-5-2-3-6-4-5/h1-3H3,(H2,6,7);5-6H,2-4H2,1H3. The Labute approximate surface area is 86.2 Å². The van der Waals surface area contributed by atoms with Crippen LogP contribution in [0.2, 0.25) is 0 Å². The zero-order valence-corrected chi connectivity index (χ0v) is 9.59. The lowest BCUT2D eigenvalue weighted by molar-refractivity contribution is 0.0600. The van der Waals surface area contributed by atoms with Crippen molar-refractivity contribution in [3.8, 4) is 0 Å². The summed E-state index contributed by atoms with van der Waals surface area (Å²) in [6.07, 6.45) is 0.650. The summed E-state index contributed by atoms with van der Waals surface area (Å²) in [6, 6.07) is 0. The van der Waals surface area contributed by atoms with E-state index in [-0.39, 0.29) is 0 Å². The van der Waals surface area contributed by atoms with Crippen LogP contribution in [0.1, 0.15) is 34.1 Å². The van der Waals surface area contributed by atoms with Crippen molar-refractivity contribution in [3.05, 3.63) is 0 Å². The lowest BCUT2D eigenvalue weighted by Crippen LogP contribution is -2.27. The molecule has 1 amide bonds. The average molecular weight is 202 g/mol. The van der Waals surface area contributed by atoms with E-state index in [1.807, 2.05) is 0 Å². The second kappa shape index (κ2) is 5.86. The third-order valence-electron chi connectivity index (χ3n) is 1.71. The lowest BCUT2D eigenvalue weighted by atomic mass is 10.2. The van der Waals surface area contributed by atoms with E-state index < -0.39 is 11.7 Å². The molecule has 3 N–H and O–H groups in total. The number of ether oxygens (including phenoxy) is 1. The van der Waals surface area contributed by atoms with Crippen LogP contribution in [0.25, 0.3) is 0 Å². The molecule has 1 saturated heterocycles. The number of hydrogen-bond acceptors (Lipinski definition) is 3. The molecular weight excluding hydrogens is 180 g/mol. The van der Waals surface area contributed by atoms with Gasteiger partial charge in [0.25, 0.3) is 0 Å². The molecule has 1 fully saturated rings. The minimum absolute atomic E-state index is 0.453. The Morgan fingerprint density at radius 2 is 2.07 bits per heavy atom. The maximum atomic E-state index is 10.0. The highest BCUT2D eigenvalue weighted by Crippen LogP contribution is 2.04. The van der Waals surface area contributed by atoms with Gasteiger partial charge >= 0.3 is 6.09 Å². The molecule has 0 radical (unpaired) electrons. The van der Waals surface area contributed by atoms with Crippen LogP contribution >= 0.6 is 0 Å². The Bertz CT molecular complexity index is 169. The first-order chi connectivity index (χ1) is 6.31. The topological polar surface area (TPSA) is 64.3 Å². The van der Waals surface area contributed by atoms with Gasteiger partial charge in [-0.1, -0.05) is 6.92 Å². The maximum Gasteiger partial charge on any atom is 0.405 e. The van der Waals surface area contributed by atoms with Gasteiger partial charge in [-0.2, -0.15) is 0 Å². The Morgan fingerprint density at radius 1 is 1.50 bits per heavy atom. The quantitative estimate of drug-likeness (QED) is 0.625. The van der Waals surface area contributed by atoms with Gasteiger partial charge in [-0.05, 0) is 46.2 Å². The van der Waals surface area contributed by atoms with E-state index in [0.29, 0.717) is 0 Å². The summed E-state index contributed by atoms with van der Waals surface area (Å²) in [5.41, 5.74) is 4.26. The molecule has 1 rings (SSSR count). The molecule has 1 atom stereocenters. The van der Waals surface area contributed by atoms with Gasteiger partial charge in [-0.25, -0.2) is 4.79 Å². The first kappa shape index (κ1) is 13.2. The predicted octanol–water partition coefficient (Wildman–Crippen LogP) is 1.50. The summed E-state index contributed by atoms with van der Waals surface area (Å²) in [5.74, 6) is 0.935. The number of nitrogens with one attached hydrogen (secondary N) is 1. The van der Waals surface area contributed by atoms with Crippen molar-refractivity contribution in [1.29, 1.82) is 0 Å². The van der Waals surface area contributed by atoms with E-state index in [1.54, 1.807) is 20.8 Å². The van der Waals surface area contributed by atoms with Crippen molar-refractivity contribution in [1.82, 2.24) is 5.32 Å². The lowest BCUT2D eigenvalue weighted by Gasteiger charge is -2.16. The monoisotopic (exact) mass is 202 g/mol. The third kappa shape index (κ3) is 9.32. The summed E-state index contributed by atoms with van der Waals surface area (Å²) in [6.45, 7) is 10.0. The molecule has 1 aliphatic rings. The number of rotatable bonds is 0. The van der Waals surface area contributed by atoms with Gasteiger partial charge in [0.15, 0.2) is 0 Å². The van der Waals surface area contributed by atoms with E-state index in [2.05, 4.69) is 17.0 Å². The molecule has 1 aliphatic heterocycles. The molecule has 4 heteroatoms. The molecule has 0 bridgehead atoms. The zero-order chi connectivity index (χ0) is 11.2. The molecular formula is C10H22N2O2. The van der Waals surface area contributed by atoms with Crippen LogP contribution in [0.5, 0.6) is 0 Å². The number of carbonyl (C=O) groups excluding carboxylic acids is 1. The Morgan fingerprint density at radius 3 is 2.14 bits per heavy atom. The van der Waals surface area contributed by atoms with Crippen molar-refractivity contribution < 1.29 is 9.53 Å². The Balaban J connectivity index is 0.000000249. The molecule has 84 valence electrons. The maximum absolute atomic E-state index is 10.0. The molecule has 0 aromatic carbocycles. The highest BCUT2D eigenvalue weighted by Gasteiger charge is 2.12. The Kier molecular flexibility index (Phi) is 5.53. The summed E-state index contributed by atoms with van der Waals surface area (Å²) in [4.78, 5) is 10.0. The van der Waals surface area contributed by atoms with Crippen LogP contribution in [-0.2, 0) is 4.74 Å². The fraction of sp³-hybridized carbons (Fsp3) is 0.900. The molecule has 1 unspecified atom stereocenters. The second-order valence-corrected chi connectivity index (χ2v) is 4.63. The van der Waals surface area contributed by atoms with Crippen molar-refractivity contribution >= 4 is 6.09 Å². The van der Waals surface area contributed by atoms with Gasteiger partial charge in [-0.3, -0.25) is 0 Å². The summed E-state index contributed by atoms with van der Waals surface area (Å²) >= 11 is 0. The van der Waals surface area contributed by atoms with Crippen LogP contribution in [0, 0.1) is 5.92 Å². The van der Waals surface area contributed by atoms with Crippen LogP contribution in [-0.4, -0.2) is 24.8 Å². The van der Waals surface area contributed by atoms with Crippen LogP contribution in [0.15, 0.2) is 0 Å². The number of primary amides is 1. The van der Waals surface area contributed by atoms with E-state index in [0.717, 1.165) is 5.92 Å². The summed E-state index contributed by atoms with van der Waals surface area (Å²) in [7, 11) is 0. The highest BCUT2D eigenvalue weighted by molar-refractivity contribution is 5.65. The molecule has 1 heterocycles. The molecule has 0 aromatic rings. The van der Waals surface area contributed by atoms with Gasteiger partial charge in [-0.15, -0.1) is 0 Å². The molecule has 14 heavy (non-hydrogen) atoms. The molecule has 0 spiro atoms. The van der Waals surface area contributed by atoms with Gasteiger partial charge in [0.2, 0.25) is 0 Å². The van der Waals surface area contributed by atoms with Crippen molar-refractivity contribution in [2.24, 2.45) is 11.7 Å². The largest absolute Gasteiger partial charge is 0.444 e. The highest BCUT2D eigenvalue weighted by atomic mass is 16.6. The van der Waals surface area contributed by atoms with Crippen molar-refractivity contribution in [2.45, 2.75) is 39.7 Å². The molecule has 0 aromatic heterocycles. The van der Waals surface area contributed by atoms with Crippen LogP contribution in [0.4, 0.5) is 4.79 Å². The van der Waals surface area contributed by atoms with Gasteiger partial charge in [0, 0.05) is 0 Å². The number of amides is 1. The van der Waals surface area contributed by atoms with Crippen LogP contribution in [0.3, 0.4) is 0 Å². The molecule has 4 nitrogen and oxygen atoms in total. The van der Waals surface area contributed by atoms with Gasteiger partial charge in [0.05, 0.1) is 0 Å². The molecule has 0 saturated carbocycles. The van der Waals surface area contributed by atoms with Gasteiger partial charge in [0.1, 0.15) is 5.60 Å². The fourth-order valence-corrected chi connectivity index (χ4v) is 1.10. The number of carbonyl (C=O) groups is 1. The van der Waals surface area contributed by atoms with E-state index in [4.69, 9.17) is 5.73 Å². The third-order valence-corrected chi connectivity index (χ3v) is 1.71. The zero-order valence-electron chi connectivity index (χ0n) is 9.59. The minimum atomic E-state index is -0.725. The minimum Gasteiger partial charge on any atom is -0.444 e. The Hall–Kier alpha value is -0.770. The van der Waals surface area contributed by atoms with E-state index >= 15 is 0 Å². The average Bonchev–Trinajstić information content (AvgIpc) is 2.34. The predicted molar refractivity (Wildman–Crippen MR) is 57.1 cm³/mol. The molecule has 0 aliphatic carbocycles.